The summed E-state index contributed by atoms with van der Waals surface area (Å²) in [6.07, 6.45) is 7.01. The number of aromatic amines is 1. The summed E-state index contributed by atoms with van der Waals surface area (Å²) in [5.41, 5.74) is -0.0435. The number of halogens is 1. The fourth-order valence-corrected chi connectivity index (χ4v) is 2.77. The Kier molecular flexibility index (Phi) is 4.24. The lowest BCUT2D eigenvalue weighted by Crippen LogP contribution is -2.35. The Balaban J connectivity index is 1.78. The van der Waals surface area contributed by atoms with Gasteiger partial charge < -0.3 is 9.55 Å². The van der Waals surface area contributed by atoms with Crippen molar-refractivity contribution in [3.05, 3.63) is 62.2 Å². The highest BCUT2D eigenvalue weighted by molar-refractivity contribution is 9.10. The van der Waals surface area contributed by atoms with E-state index in [2.05, 4.69) is 25.9 Å². The van der Waals surface area contributed by atoms with E-state index in [-0.39, 0.29) is 11.2 Å². The van der Waals surface area contributed by atoms with Crippen LogP contribution < -0.4 is 11.2 Å². The van der Waals surface area contributed by atoms with Crippen LogP contribution in [-0.2, 0) is 13.1 Å². The number of nitrogens with one attached hydrogen (secondary N) is 1. The third-order valence-electron chi connectivity index (χ3n) is 3.55. The molecule has 0 aliphatic carbocycles. The van der Waals surface area contributed by atoms with Gasteiger partial charge in [0, 0.05) is 30.0 Å². The molecule has 0 saturated heterocycles. The van der Waals surface area contributed by atoms with Crippen LogP contribution in [0.4, 0.5) is 0 Å². The number of aromatic nitrogens is 4. The van der Waals surface area contributed by atoms with Crippen LogP contribution in [0.25, 0.3) is 10.9 Å². The van der Waals surface area contributed by atoms with Gasteiger partial charge in [-0.2, -0.15) is 0 Å². The number of hydrogen-bond acceptors (Lipinski definition) is 3. The van der Waals surface area contributed by atoms with E-state index in [4.69, 9.17) is 0 Å². The molecule has 3 aromatic rings. The van der Waals surface area contributed by atoms with Crippen molar-refractivity contribution >= 4 is 26.8 Å². The van der Waals surface area contributed by atoms with Crippen LogP contribution in [-0.4, -0.2) is 19.1 Å². The Bertz CT molecular complexity index is 896. The lowest BCUT2D eigenvalue weighted by molar-refractivity contribution is 0.532. The molecule has 0 atom stereocenters. The van der Waals surface area contributed by atoms with Gasteiger partial charge in [0.1, 0.15) is 0 Å². The van der Waals surface area contributed by atoms with Crippen LogP contribution in [0.5, 0.6) is 0 Å². The molecule has 0 spiro atoms. The molecule has 0 fully saturated rings. The number of unbranched alkanes of at least 4 members (excludes halogenated alkanes) is 1. The van der Waals surface area contributed by atoms with Gasteiger partial charge in [0.2, 0.25) is 0 Å². The van der Waals surface area contributed by atoms with Crippen molar-refractivity contribution in [3.63, 3.8) is 0 Å². The maximum atomic E-state index is 12.4. The molecule has 1 N–H and O–H groups in total. The third kappa shape index (κ3) is 3.04. The molecule has 2 heterocycles. The maximum absolute atomic E-state index is 12.4. The molecule has 0 unspecified atom stereocenters. The minimum Gasteiger partial charge on any atom is -0.337 e. The second-order valence-corrected chi connectivity index (χ2v) is 6.00. The zero-order chi connectivity index (χ0) is 15.5. The number of fused-ring (bicyclic) bond motifs is 1. The molecule has 0 radical (unpaired) electrons. The predicted molar refractivity (Wildman–Crippen MR) is 88.0 cm³/mol. The Morgan fingerprint density at radius 2 is 2.00 bits per heavy atom. The topological polar surface area (TPSA) is 72.7 Å². The van der Waals surface area contributed by atoms with Gasteiger partial charge in [-0.25, -0.2) is 9.78 Å². The summed E-state index contributed by atoms with van der Waals surface area (Å²) >= 11 is 3.35. The normalized spacial score (nSPS) is 11.1. The Labute approximate surface area is 134 Å². The van der Waals surface area contributed by atoms with E-state index in [0.717, 1.165) is 23.9 Å². The standard InChI is InChI=1S/C15H15BrN4O2/c16-11-3-4-13-12(9-11)14(21)20(15(22)18-13)7-2-1-6-19-8-5-17-10-19/h3-5,8-10H,1-2,6-7H2,(H,18,22). The monoisotopic (exact) mass is 362 g/mol. The maximum Gasteiger partial charge on any atom is 0.328 e. The molecule has 0 aliphatic heterocycles. The summed E-state index contributed by atoms with van der Waals surface area (Å²) in [4.78, 5) is 31.2. The van der Waals surface area contributed by atoms with Gasteiger partial charge in [-0.1, -0.05) is 15.9 Å². The summed E-state index contributed by atoms with van der Waals surface area (Å²) in [6.45, 7) is 1.23. The van der Waals surface area contributed by atoms with Gasteiger partial charge in [-0.05, 0) is 31.0 Å². The molecule has 0 aliphatic rings. The van der Waals surface area contributed by atoms with Gasteiger partial charge in [0.05, 0.1) is 17.2 Å². The number of imidazole rings is 1. The zero-order valence-corrected chi connectivity index (χ0v) is 13.4. The van der Waals surface area contributed by atoms with E-state index in [1.54, 1.807) is 30.7 Å². The molecule has 3 rings (SSSR count). The molecular weight excluding hydrogens is 348 g/mol. The van der Waals surface area contributed by atoms with E-state index < -0.39 is 0 Å². The molecular formula is C15H15BrN4O2. The van der Waals surface area contributed by atoms with Crippen molar-refractivity contribution in [2.24, 2.45) is 0 Å². The van der Waals surface area contributed by atoms with Crippen molar-refractivity contribution < 1.29 is 0 Å². The van der Waals surface area contributed by atoms with Crippen molar-refractivity contribution in [1.29, 1.82) is 0 Å². The number of hydrogen-bond donors (Lipinski definition) is 1. The summed E-state index contributed by atoms with van der Waals surface area (Å²) < 4.78 is 4.06. The Morgan fingerprint density at radius 1 is 1.18 bits per heavy atom. The number of nitrogens with zero attached hydrogens (tertiary/aromatic N) is 3. The van der Waals surface area contributed by atoms with Crippen molar-refractivity contribution in [2.45, 2.75) is 25.9 Å². The average Bonchev–Trinajstić information content (AvgIpc) is 3.00. The molecule has 6 nitrogen and oxygen atoms in total. The SMILES string of the molecule is O=c1[nH]c2ccc(Br)cc2c(=O)n1CCCCn1ccnc1. The highest BCUT2D eigenvalue weighted by Crippen LogP contribution is 2.14. The first-order valence-corrected chi connectivity index (χ1v) is 7.82. The third-order valence-corrected chi connectivity index (χ3v) is 4.04. The van der Waals surface area contributed by atoms with Gasteiger partial charge in [-0.3, -0.25) is 9.36 Å². The van der Waals surface area contributed by atoms with Crippen molar-refractivity contribution in [1.82, 2.24) is 19.1 Å². The zero-order valence-electron chi connectivity index (χ0n) is 11.8. The van der Waals surface area contributed by atoms with E-state index in [1.807, 2.05) is 10.8 Å². The first-order chi connectivity index (χ1) is 10.6. The molecule has 0 amide bonds. The largest absolute Gasteiger partial charge is 0.337 e. The minimum absolute atomic E-state index is 0.248. The molecule has 22 heavy (non-hydrogen) atoms. The summed E-state index contributed by atoms with van der Waals surface area (Å²) in [6, 6.07) is 5.26. The molecule has 1 aromatic carbocycles. The van der Waals surface area contributed by atoms with Crippen LogP contribution in [0, 0.1) is 0 Å². The van der Waals surface area contributed by atoms with E-state index in [1.165, 1.54) is 4.57 Å². The highest BCUT2D eigenvalue weighted by atomic mass is 79.9. The number of rotatable bonds is 5. The number of H-pyrrole nitrogens is 1. The highest BCUT2D eigenvalue weighted by Gasteiger charge is 2.07. The molecule has 2 aromatic heterocycles. The van der Waals surface area contributed by atoms with Crippen LogP contribution in [0.2, 0.25) is 0 Å². The summed E-state index contributed by atoms with van der Waals surface area (Å²) in [5.74, 6) is 0. The Morgan fingerprint density at radius 3 is 2.77 bits per heavy atom. The average molecular weight is 363 g/mol. The van der Waals surface area contributed by atoms with E-state index in [0.29, 0.717) is 17.4 Å². The number of aryl methyl sites for hydroxylation is 1. The lowest BCUT2D eigenvalue weighted by atomic mass is 10.2. The van der Waals surface area contributed by atoms with Crippen LogP contribution in [0.1, 0.15) is 12.8 Å². The molecule has 0 saturated carbocycles. The molecule has 0 bridgehead atoms. The predicted octanol–water partition coefficient (Wildman–Crippen LogP) is 2.13. The molecule has 7 heteroatoms. The Hall–Kier alpha value is -2.15. The van der Waals surface area contributed by atoms with E-state index >= 15 is 0 Å². The fraction of sp³-hybridized carbons (Fsp3) is 0.267. The smallest absolute Gasteiger partial charge is 0.328 e. The van der Waals surface area contributed by atoms with Gasteiger partial charge >= 0.3 is 5.69 Å². The first-order valence-electron chi connectivity index (χ1n) is 7.03. The van der Waals surface area contributed by atoms with Gasteiger partial charge in [0.15, 0.2) is 0 Å². The quantitative estimate of drug-likeness (QED) is 0.706. The second kappa shape index (κ2) is 6.31. The molecule has 114 valence electrons. The lowest BCUT2D eigenvalue weighted by Gasteiger charge is -2.07. The van der Waals surface area contributed by atoms with Crippen LogP contribution in [0.15, 0.2) is 51.0 Å². The van der Waals surface area contributed by atoms with Crippen molar-refractivity contribution in [2.75, 3.05) is 0 Å². The first kappa shape index (κ1) is 14.8. The van der Waals surface area contributed by atoms with Crippen LogP contribution in [0.3, 0.4) is 0 Å². The van der Waals surface area contributed by atoms with Gasteiger partial charge in [-0.15, -0.1) is 0 Å². The van der Waals surface area contributed by atoms with E-state index in [9.17, 15) is 9.59 Å². The van der Waals surface area contributed by atoms with Gasteiger partial charge in [0.25, 0.3) is 5.56 Å². The second-order valence-electron chi connectivity index (χ2n) is 5.08. The summed E-state index contributed by atoms with van der Waals surface area (Å²) in [7, 11) is 0. The fourth-order valence-electron chi connectivity index (χ4n) is 2.41. The summed E-state index contributed by atoms with van der Waals surface area (Å²) in [5, 5.41) is 0.517. The number of benzene rings is 1. The van der Waals surface area contributed by atoms with Crippen LogP contribution >= 0.6 is 15.9 Å². The minimum atomic E-state index is -0.359. The van der Waals surface area contributed by atoms with Crippen molar-refractivity contribution in [3.8, 4) is 0 Å².